The molecule has 78 valence electrons. The Morgan fingerprint density at radius 1 is 1.21 bits per heavy atom. The molecule has 1 heterocycles. The lowest BCUT2D eigenvalue weighted by atomic mass is 9.86. The van der Waals surface area contributed by atoms with Crippen LogP contribution in [0.4, 0.5) is 0 Å². The number of hydrogen-bond donors (Lipinski definition) is 1. The van der Waals surface area contributed by atoms with Crippen molar-refractivity contribution >= 4 is 0 Å². The van der Waals surface area contributed by atoms with Gasteiger partial charge in [-0.15, -0.1) is 0 Å². The summed E-state index contributed by atoms with van der Waals surface area (Å²) >= 11 is 0. The molecule has 1 aliphatic rings. The van der Waals surface area contributed by atoms with Gasteiger partial charge in [0.05, 0.1) is 12.5 Å². The summed E-state index contributed by atoms with van der Waals surface area (Å²) in [4.78, 5) is 0. The van der Waals surface area contributed by atoms with Crippen LogP contribution in [0.25, 0.3) is 0 Å². The molecule has 1 aromatic rings. The van der Waals surface area contributed by atoms with Crippen molar-refractivity contribution < 1.29 is 4.42 Å². The Balaban J connectivity index is 1.99. The fourth-order valence-corrected chi connectivity index (χ4v) is 2.41. The minimum absolute atomic E-state index is 0.0281. The first-order chi connectivity index (χ1) is 6.79. The Kier molecular flexibility index (Phi) is 2.92. The first-order valence-corrected chi connectivity index (χ1v) is 5.58. The second-order valence-corrected chi connectivity index (χ2v) is 4.58. The molecule has 1 fully saturated rings. The fourth-order valence-electron chi connectivity index (χ4n) is 2.41. The van der Waals surface area contributed by atoms with Crippen molar-refractivity contribution in [2.75, 3.05) is 0 Å². The summed E-state index contributed by atoms with van der Waals surface area (Å²) in [6.07, 6.45) is 12.1. The summed E-state index contributed by atoms with van der Waals surface area (Å²) in [5.41, 5.74) is 7.68. The highest BCUT2D eigenvalue weighted by molar-refractivity contribution is 5.10. The zero-order chi connectivity index (χ0) is 9.86. The van der Waals surface area contributed by atoms with Crippen LogP contribution in [0, 0.1) is 0 Å². The molecule has 1 aliphatic carbocycles. The maximum atomic E-state index is 6.41. The molecule has 0 aliphatic heterocycles. The minimum atomic E-state index is 0.0281. The van der Waals surface area contributed by atoms with E-state index in [0.717, 1.165) is 19.3 Å². The van der Waals surface area contributed by atoms with E-state index < -0.39 is 0 Å². The van der Waals surface area contributed by atoms with Gasteiger partial charge >= 0.3 is 0 Å². The number of nitrogens with two attached hydrogens (primary N) is 1. The van der Waals surface area contributed by atoms with E-state index in [0.29, 0.717) is 0 Å². The summed E-state index contributed by atoms with van der Waals surface area (Å²) in [5.74, 6) is 0. The highest BCUT2D eigenvalue weighted by atomic mass is 16.3. The van der Waals surface area contributed by atoms with Gasteiger partial charge in [0.2, 0.25) is 0 Å². The predicted molar refractivity (Wildman–Crippen MR) is 57.0 cm³/mol. The van der Waals surface area contributed by atoms with Gasteiger partial charge in [0.1, 0.15) is 0 Å². The van der Waals surface area contributed by atoms with E-state index in [-0.39, 0.29) is 5.54 Å². The van der Waals surface area contributed by atoms with Crippen LogP contribution in [0.15, 0.2) is 23.0 Å². The van der Waals surface area contributed by atoms with Crippen LogP contribution in [0.1, 0.15) is 44.1 Å². The molecular formula is C12H19NO. The molecule has 0 spiro atoms. The van der Waals surface area contributed by atoms with E-state index in [4.69, 9.17) is 10.2 Å². The van der Waals surface area contributed by atoms with E-state index in [9.17, 15) is 0 Å². The topological polar surface area (TPSA) is 39.2 Å². The smallest absolute Gasteiger partial charge is 0.0935 e. The molecular weight excluding hydrogens is 174 g/mol. The number of hydrogen-bond acceptors (Lipinski definition) is 2. The second-order valence-electron chi connectivity index (χ2n) is 4.58. The monoisotopic (exact) mass is 193 g/mol. The largest absolute Gasteiger partial charge is 0.472 e. The Morgan fingerprint density at radius 3 is 2.50 bits per heavy atom. The molecule has 2 rings (SSSR count). The molecule has 1 aromatic heterocycles. The molecule has 2 N–H and O–H groups in total. The van der Waals surface area contributed by atoms with Gasteiger partial charge in [-0.1, -0.05) is 25.7 Å². The van der Waals surface area contributed by atoms with E-state index in [1.807, 2.05) is 12.3 Å². The molecule has 0 unspecified atom stereocenters. The van der Waals surface area contributed by atoms with Gasteiger partial charge in [0, 0.05) is 5.54 Å². The summed E-state index contributed by atoms with van der Waals surface area (Å²) in [6.45, 7) is 0. The van der Waals surface area contributed by atoms with Gasteiger partial charge in [-0.2, -0.15) is 0 Å². The predicted octanol–water partition coefficient (Wildman–Crippen LogP) is 2.87. The van der Waals surface area contributed by atoms with E-state index in [2.05, 4.69) is 0 Å². The van der Waals surface area contributed by atoms with Crippen LogP contribution in [0.3, 0.4) is 0 Å². The first-order valence-electron chi connectivity index (χ1n) is 5.58. The number of furan rings is 1. The van der Waals surface area contributed by atoms with Crippen LogP contribution in [0.5, 0.6) is 0 Å². The summed E-state index contributed by atoms with van der Waals surface area (Å²) < 4.78 is 5.08. The Hall–Kier alpha value is -0.760. The van der Waals surface area contributed by atoms with Gasteiger partial charge in [-0.25, -0.2) is 0 Å². The molecule has 0 amide bonds. The standard InChI is InChI=1S/C12H19NO/c13-12(6-3-1-2-4-7-12)9-11-5-8-14-10-11/h5,8,10H,1-4,6-7,9,13H2. The molecule has 0 aromatic carbocycles. The van der Waals surface area contributed by atoms with Crippen molar-refractivity contribution in [3.8, 4) is 0 Å². The van der Waals surface area contributed by atoms with Crippen molar-refractivity contribution in [1.29, 1.82) is 0 Å². The fraction of sp³-hybridized carbons (Fsp3) is 0.667. The average Bonchev–Trinajstić information content (AvgIpc) is 2.55. The third-order valence-corrected chi connectivity index (χ3v) is 3.24. The maximum Gasteiger partial charge on any atom is 0.0935 e. The lowest BCUT2D eigenvalue weighted by Gasteiger charge is -2.27. The number of rotatable bonds is 2. The lowest BCUT2D eigenvalue weighted by Crippen LogP contribution is -2.41. The maximum absolute atomic E-state index is 6.41. The van der Waals surface area contributed by atoms with E-state index in [1.165, 1.54) is 31.2 Å². The van der Waals surface area contributed by atoms with Gasteiger partial charge < -0.3 is 10.2 Å². The van der Waals surface area contributed by atoms with Crippen molar-refractivity contribution in [3.05, 3.63) is 24.2 Å². The molecule has 0 radical (unpaired) electrons. The zero-order valence-corrected chi connectivity index (χ0v) is 8.67. The van der Waals surface area contributed by atoms with Gasteiger partial charge in [-0.05, 0) is 30.9 Å². The molecule has 0 atom stereocenters. The van der Waals surface area contributed by atoms with Crippen molar-refractivity contribution in [1.82, 2.24) is 0 Å². The Bertz CT molecular complexity index is 258. The van der Waals surface area contributed by atoms with Gasteiger partial charge in [-0.3, -0.25) is 0 Å². The molecule has 0 saturated heterocycles. The van der Waals surface area contributed by atoms with E-state index >= 15 is 0 Å². The lowest BCUT2D eigenvalue weighted by molar-refractivity contribution is 0.368. The van der Waals surface area contributed by atoms with Crippen LogP contribution < -0.4 is 5.73 Å². The van der Waals surface area contributed by atoms with Crippen molar-refractivity contribution in [2.45, 2.75) is 50.5 Å². The quantitative estimate of drug-likeness (QED) is 0.733. The first kappa shape index (κ1) is 9.78. The SMILES string of the molecule is NC1(Cc2ccoc2)CCCCCC1. The average molecular weight is 193 g/mol. The summed E-state index contributed by atoms with van der Waals surface area (Å²) in [7, 11) is 0. The van der Waals surface area contributed by atoms with Crippen LogP contribution in [0.2, 0.25) is 0 Å². The van der Waals surface area contributed by atoms with Crippen LogP contribution in [-0.4, -0.2) is 5.54 Å². The normalized spacial score (nSPS) is 21.8. The van der Waals surface area contributed by atoms with Crippen LogP contribution in [-0.2, 0) is 6.42 Å². The Labute approximate surface area is 85.5 Å². The molecule has 2 heteroatoms. The summed E-state index contributed by atoms with van der Waals surface area (Å²) in [6, 6.07) is 2.03. The summed E-state index contributed by atoms with van der Waals surface area (Å²) in [5, 5.41) is 0. The third kappa shape index (κ3) is 2.38. The third-order valence-electron chi connectivity index (χ3n) is 3.24. The van der Waals surface area contributed by atoms with Crippen molar-refractivity contribution in [3.63, 3.8) is 0 Å². The molecule has 2 nitrogen and oxygen atoms in total. The van der Waals surface area contributed by atoms with Crippen LogP contribution >= 0.6 is 0 Å². The van der Waals surface area contributed by atoms with Crippen molar-refractivity contribution in [2.24, 2.45) is 5.73 Å². The highest BCUT2D eigenvalue weighted by Crippen LogP contribution is 2.28. The van der Waals surface area contributed by atoms with Gasteiger partial charge in [0.25, 0.3) is 0 Å². The molecule has 1 saturated carbocycles. The molecule has 14 heavy (non-hydrogen) atoms. The minimum Gasteiger partial charge on any atom is -0.472 e. The highest BCUT2D eigenvalue weighted by Gasteiger charge is 2.26. The second kappa shape index (κ2) is 4.18. The zero-order valence-electron chi connectivity index (χ0n) is 8.67. The molecule has 0 bridgehead atoms. The van der Waals surface area contributed by atoms with Gasteiger partial charge in [0.15, 0.2) is 0 Å². The van der Waals surface area contributed by atoms with E-state index in [1.54, 1.807) is 6.26 Å². The Morgan fingerprint density at radius 2 is 1.93 bits per heavy atom.